The number of carbonyl (C=O) groups is 1. The Kier molecular flexibility index (Phi) is 4.83. The zero-order chi connectivity index (χ0) is 13.8. The Balaban J connectivity index is 2.03. The summed E-state index contributed by atoms with van der Waals surface area (Å²) in [6.07, 6.45) is 3.92. The predicted octanol–water partition coefficient (Wildman–Crippen LogP) is 3.42. The predicted molar refractivity (Wildman–Crippen MR) is 76.3 cm³/mol. The van der Waals surface area contributed by atoms with Crippen molar-refractivity contribution < 1.29 is 9.90 Å². The van der Waals surface area contributed by atoms with Gasteiger partial charge in [0, 0.05) is 17.6 Å². The minimum atomic E-state index is -0.660. The summed E-state index contributed by atoms with van der Waals surface area (Å²) in [5.74, 6) is -0.890. The first-order chi connectivity index (χ1) is 9.08. The van der Waals surface area contributed by atoms with E-state index in [0.29, 0.717) is 0 Å². The van der Waals surface area contributed by atoms with E-state index in [1.165, 1.54) is 5.56 Å². The summed E-state index contributed by atoms with van der Waals surface area (Å²) in [4.78, 5) is 13.5. The van der Waals surface area contributed by atoms with Crippen LogP contribution < -0.4 is 0 Å². The van der Waals surface area contributed by atoms with Gasteiger partial charge in [0.15, 0.2) is 0 Å². The first-order valence-corrected chi connectivity index (χ1v) is 7.13. The normalized spacial score (nSPS) is 23.5. The second-order valence-corrected chi connectivity index (χ2v) is 5.77. The molecule has 0 bridgehead atoms. The molecular weight excluding hydrogens is 262 g/mol. The van der Waals surface area contributed by atoms with Gasteiger partial charge in [0.1, 0.15) is 0 Å². The van der Waals surface area contributed by atoms with Gasteiger partial charge in [-0.05, 0) is 37.6 Å². The van der Waals surface area contributed by atoms with E-state index in [1.807, 2.05) is 31.3 Å². The molecule has 1 aromatic rings. The Morgan fingerprint density at radius 3 is 2.58 bits per heavy atom. The molecule has 0 amide bonds. The van der Waals surface area contributed by atoms with Gasteiger partial charge in [-0.25, -0.2) is 0 Å². The maximum atomic E-state index is 11.3. The highest BCUT2D eigenvalue weighted by Crippen LogP contribution is 2.29. The average Bonchev–Trinajstić information content (AvgIpc) is 2.41. The summed E-state index contributed by atoms with van der Waals surface area (Å²) in [5.41, 5.74) is 1.17. The molecule has 0 spiro atoms. The van der Waals surface area contributed by atoms with Crippen LogP contribution in [0.25, 0.3) is 0 Å². The van der Waals surface area contributed by atoms with Gasteiger partial charge >= 0.3 is 5.97 Å². The third kappa shape index (κ3) is 3.71. The van der Waals surface area contributed by atoms with Crippen LogP contribution >= 0.6 is 11.6 Å². The highest BCUT2D eigenvalue weighted by atomic mass is 35.5. The smallest absolute Gasteiger partial charge is 0.308 e. The number of halogens is 1. The molecule has 104 valence electrons. The van der Waals surface area contributed by atoms with Crippen molar-refractivity contribution in [3.05, 3.63) is 34.9 Å². The molecule has 2 rings (SSSR count). The number of benzene rings is 1. The zero-order valence-corrected chi connectivity index (χ0v) is 11.9. The second-order valence-electron chi connectivity index (χ2n) is 5.34. The lowest BCUT2D eigenvalue weighted by Gasteiger charge is -2.35. The highest BCUT2D eigenvalue weighted by molar-refractivity contribution is 6.30. The molecule has 1 aliphatic carbocycles. The fourth-order valence-electron chi connectivity index (χ4n) is 2.92. The Morgan fingerprint density at radius 2 is 1.95 bits per heavy atom. The SMILES string of the molecule is CN(Cc1ccc(Cl)cc1)C1CCCCC1C(=O)O. The van der Waals surface area contributed by atoms with Gasteiger partial charge in [-0.15, -0.1) is 0 Å². The first kappa shape index (κ1) is 14.4. The van der Waals surface area contributed by atoms with E-state index in [2.05, 4.69) is 4.90 Å². The number of aliphatic carboxylic acids is 1. The fourth-order valence-corrected chi connectivity index (χ4v) is 3.05. The summed E-state index contributed by atoms with van der Waals surface area (Å²) in [6, 6.07) is 7.89. The van der Waals surface area contributed by atoms with E-state index in [4.69, 9.17) is 11.6 Å². The lowest BCUT2D eigenvalue weighted by Crippen LogP contribution is -2.43. The average molecular weight is 282 g/mol. The molecule has 1 aliphatic rings. The number of hydrogen-bond donors (Lipinski definition) is 1. The Morgan fingerprint density at radius 1 is 1.32 bits per heavy atom. The van der Waals surface area contributed by atoms with Gasteiger partial charge in [-0.2, -0.15) is 0 Å². The van der Waals surface area contributed by atoms with E-state index < -0.39 is 5.97 Å². The molecule has 1 saturated carbocycles. The van der Waals surface area contributed by atoms with Gasteiger partial charge in [0.2, 0.25) is 0 Å². The van der Waals surface area contributed by atoms with Crippen molar-refractivity contribution in [2.45, 2.75) is 38.3 Å². The zero-order valence-electron chi connectivity index (χ0n) is 11.2. The maximum absolute atomic E-state index is 11.3. The maximum Gasteiger partial charge on any atom is 0.308 e. The van der Waals surface area contributed by atoms with E-state index in [0.717, 1.165) is 37.3 Å². The molecule has 1 fully saturated rings. The first-order valence-electron chi connectivity index (χ1n) is 6.75. The molecule has 0 aromatic heterocycles. The van der Waals surface area contributed by atoms with Gasteiger partial charge in [0.05, 0.1) is 5.92 Å². The van der Waals surface area contributed by atoms with Crippen LogP contribution in [0.2, 0.25) is 5.02 Å². The van der Waals surface area contributed by atoms with Gasteiger partial charge in [-0.3, -0.25) is 9.69 Å². The van der Waals surface area contributed by atoms with Crippen LogP contribution in [0, 0.1) is 5.92 Å². The molecule has 19 heavy (non-hydrogen) atoms. The number of carboxylic acid groups (broad SMARTS) is 1. The molecule has 0 heterocycles. The van der Waals surface area contributed by atoms with Crippen LogP contribution in [-0.2, 0) is 11.3 Å². The van der Waals surface area contributed by atoms with Gasteiger partial charge in [0.25, 0.3) is 0 Å². The Labute approximate surface area is 119 Å². The third-order valence-electron chi connectivity index (χ3n) is 3.96. The van der Waals surface area contributed by atoms with E-state index in [1.54, 1.807) is 0 Å². The second kappa shape index (κ2) is 6.40. The van der Waals surface area contributed by atoms with E-state index in [9.17, 15) is 9.90 Å². The van der Waals surface area contributed by atoms with Crippen molar-refractivity contribution in [3.63, 3.8) is 0 Å². The molecule has 1 aromatic carbocycles. The van der Waals surface area contributed by atoms with Crippen LogP contribution in [0.4, 0.5) is 0 Å². The fraction of sp³-hybridized carbons (Fsp3) is 0.533. The Bertz CT molecular complexity index is 432. The molecule has 1 N–H and O–H groups in total. The molecule has 0 aliphatic heterocycles. The molecular formula is C15H20ClNO2. The molecule has 0 radical (unpaired) electrons. The van der Waals surface area contributed by atoms with Crippen LogP contribution in [0.5, 0.6) is 0 Å². The van der Waals surface area contributed by atoms with E-state index in [-0.39, 0.29) is 12.0 Å². The number of nitrogens with zero attached hydrogens (tertiary/aromatic N) is 1. The summed E-state index contributed by atoms with van der Waals surface area (Å²) in [7, 11) is 2.01. The van der Waals surface area contributed by atoms with Crippen molar-refractivity contribution in [2.75, 3.05) is 7.05 Å². The molecule has 2 atom stereocenters. The topological polar surface area (TPSA) is 40.5 Å². The van der Waals surface area contributed by atoms with Crippen molar-refractivity contribution in [1.29, 1.82) is 0 Å². The quantitative estimate of drug-likeness (QED) is 0.919. The van der Waals surface area contributed by atoms with Crippen LogP contribution in [0.15, 0.2) is 24.3 Å². The molecule has 0 saturated heterocycles. The van der Waals surface area contributed by atoms with Crippen LogP contribution in [0.1, 0.15) is 31.2 Å². The lowest BCUT2D eigenvalue weighted by molar-refractivity contribution is -0.145. The van der Waals surface area contributed by atoms with Crippen molar-refractivity contribution >= 4 is 17.6 Å². The Hall–Kier alpha value is -1.06. The monoisotopic (exact) mass is 281 g/mol. The van der Waals surface area contributed by atoms with Gasteiger partial charge in [-0.1, -0.05) is 36.6 Å². The number of carboxylic acids is 1. The van der Waals surface area contributed by atoms with Gasteiger partial charge < -0.3 is 5.11 Å². The summed E-state index contributed by atoms with van der Waals surface area (Å²) in [6.45, 7) is 0.769. The number of rotatable bonds is 4. The summed E-state index contributed by atoms with van der Waals surface area (Å²) < 4.78 is 0. The third-order valence-corrected chi connectivity index (χ3v) is 4.21. The van der Waals surface area contributed by atoms with Crippen molar-refractivity contribution in [1.82, 2.24) is 4.90 Å². The standard InChI is InChI=1S/C15H20ClNO2/c1-17(10-11-6-8-12(16)9-7-11)14-5-3-2-4-13(14)15(18)19/h6-9,13-14H,2-5,10H2,1H3,(H,18,19). The summed E-state index contributed by atoms with van der Waals surface area (Å²) in [5, 5.41) is 10.0. The largest absolute Gasteiger partial charge is 0.481 e. The van der Waals surface area contributed by atoms with Crippen molar-refractivity contribution in [3.8, 4) is 0 Å². The molecule has 3 nitrogen and oxygen atoms in total. The van der Waals surface area contributed by atoms with E-state index >= 15 is 0 Å². The van der Waals surface area contributed by atoms with Crippen LogP contribution in [-0.4, -0.2) is 29.1 Å². The van der Waals surface area contributed by atoms with Crippen LogP contribution in [0.3, 0.4) is 0 Å². The highest BCUT2D eigenvalue weighted by Gasteiger charge is 2.33. The molecule has 4 heteroatoms. The summed E-state index contributed by atoms with van der Waals surface area (Å²) >= 11 is 5.87. The van der Waals surface area contributed by atoms with Crippen molar-refractivity contribution in [2.24, 2.45) is 5.92 Å². The lowest BCUT2D eigenvalue weighted by atomic mass is 9.83. The minimum absolute atomic E-state index is 0.141. The number of hydrogen-bond acceptors (Lipinski definition) is 2. The minimum Gasteiger partial charge on any atom is -0.481 e. The molecule has 2 unspecified atom stereocenters.